The third-order valence-corrected chi connectivity index (χ3v) is 6.59. The van der Waals surface area contributed by atoms with E-state index < -0.39 is 22.8 Å². The molecule has 0 radical (unpaired) electrons. The maximum absolute atomic E-state index is 12.6. The first-order valence-corrected chi connectivity index (χ1v) is 11.4. The minimum absolute atomic E-state index is 0.0375. The largest absolute Gasteiger partial charge is 0.480 e. The highest BCUT2D eigenvalue weighted by molar-refractivity contribution is 7.99. The van der Waals surface area contributed by atoms with E-state index in [4.69, 9.17) is 0 Å². The Labute approximate surface area is 191 Å². The van der Waals surface area contributed by atoms with Gasteiger partial charge in [0.1, 0.15) is 6.04 Å². The average Bonchev–Trinajstić information content (AvgIpc) is 2.78. The number of hydrogen-bond acceptors (Lipinski definition) is 5. The molecule has 0 saturated carbocycles. The monoisotopic (exact) mass is 454 g/mol. The fraction of sp³-hybridized carbons (Fsp3) is 0.333. The number of nitro benzene ring substituents is 1. The lowest BCUT2D eigenvalue weighted by atomic mass is 10.0. The Hall–Kier alpha value is -3.13. The van der Waals surface area contributed by atoms with Gasteiger partial charge >= 0.3 is 5.97 Å². The van der Waals surface area contributed by atoms with E-state index in [1.54, 1.807) is 12.1 Å². The fourth-order valence-electron chi connectivity index (χ4n) is 3.75. The second-order valence-electron chi connectivity index (χ2n) is 7.99. The van der Waals surface area contributed by atoms with Crippen molar-refractivity contribution >= 4 is 35.4 Å². The summed E-state index contributed by atoms with van der Waals surface area (Å²) < 4.78 is 0. The van der Waals surface area contributed by atoms with Gasteiger partial charge in [-0.3, -0.25) is 14.9 Å². The minimum atomic E-state index is -1.01. The number of aliphatic carboxylic acids is 1. The van der Waals surface area contributed by atoms with E-state index in [9.17, 15) is 24.8 Å². The zero-order chi connectivity index (χ0) is 23.3. The number of amides is 1. The number of hydrogen-bond donors (Lipinski definition) is 1. The van der Waals surface area contributed by atoms with Crippen LogP contribution in [0.1, 0.15) is 50.2 Å². The molecule has 0 aromatic heterocycles. The molecular weight excluding hydrogens is 428 g/mol. The number of carbonyl (C=O) groups excluding carboxylic acids is 1. The van der Waals surface area contributed by atoms with Crippen LogP contribution in [0.15, 0.2) is 58.3 Å². The summed E-state index contributed by atoms with van der Waals surface area (Å²) in [6, 6.07) is 11.9. The molecule has 1 N–H and O–H groups in total. The molecule has 3 rings (SSSR count). The van der Waals surface area contributed by atoms with Crippen LogP contribution >= 0.6 is 11.8 Å². The van der Waals surface area contributed by atoms with Crippen molar-refractivity contribution < 1.29 is 19.6 Å². The topological polar surface area (TPSA) is 101 Å². The highest BCUT2D eigenvalue weighted by Gasteiger charge is 2.30. The standard InChI is InChI=1S/C24H26N2O5S/c1-16(2)18-7-3-4-9-21(18)32-22-12-10-17(15-20(22)26(30)31)11-13-23(27)25-14-6-5-8-19(25)24(28)29/h3-4,7,9-13,15-16,19H,5-6,8,14H2,1-2H3,(H,28,29). The van der Waals surface area contributed by atoms with E-state index in [0.717, 1.165) is 23.3 Å². The van der Waals surface area contributed by atoms with Crippen molar-refractivity contribution in [3.05, 3.63) is 69.8 Å². The summed E-state index contributed by atoms with van der Waals surface area (Å²) in [5.41, 5.74) is 1.59. The van der Waals surface area contributed by atoms with Crippen LogP contribution in [0.25, 0.3) is 6.08 Å². The van der Waals surface area contributed by atoms with Gasteiger partial charge in [0.15, 0.2) is 0 Å². The van der Waals surface area contributed by atoms with E-state index in [1.165, 1.54) is 34.9 Å². The van der Waals surface area contributed by atoms with Crippen molar-refractivity contribution in [1.82, 2.24) is 4.90 Å². The number of piperidine rings is 1. The molecular formula is C24H26N2O5S. The highest BCUT2D eigenvalue weighted by Crippen LogP contribution is 2.39. The van der Waals surface area contributed by atoms with Crippen LogP contribution in [-0.2, 0) is 9.59 Å². The van der Waals surface area contributed by atoms with Crippen LogP contribution in [0.2, 0.25) is 0 Å². The third kappa shape index (κ3) is 5.56. The predicted octanol–water partition coefficient (Wildman–Crippen LogP) is 5.35. The van der Waals surface area contributed by atoms with Crippen LogP contribution in [0.3, 0.4) is 0 Å². The molecule has 1 fully saturated rings. The first-order chi connectivity index (χ1) is 15.3. The number of likely N-dealkylation sites (tertiary alicyclic amines) is 1. The van der Waals surface area contributed by atoms with Crippen LogP contribution in [0.5, 0.6) is 0 Å². The van der Waals surface area contributed by atoms with Gasteiger partial charge in [-0.2, -0.15) is 0 Å². The molecule has 1 saturated heterocycles. The minimum Gasteiger partial charge on any atom is -0.480 e. The number of rotatable bonds is 7. The van der Waals surface area contributed by atoms with Gasteiger partial charge in [-0.25, -0.2) is 4.79 Å². The molecule has 32 heavy (non-hydrogen) atoms. The maximum atomic E-state index is 12.6. The number of carboxylic acids is 1. The summed E-state index contributed by atoms with van der Waals surface area (Å²) >= 11 is 1.35. The summed E-state index contributed by atoms with van der Waals surface area (Å²) in [4.78, 5) is 38.1. The van der Waals surface area contributed by atoms with E-state index in [-0.39, 0.29) is 11.6 Å². The molecule has 1 aliphatic heterocycles. The molecule has 1 aliphatic rings. The zero-order valence-corrected chi connectivity index (χ0v) is 18.9. The Morgan fingerprint density at radius 3 is 2.62 bits per heavy atom. The molecule has 0 aliphatic carbocycles. The van der Waals surface area contributed by atoms with Crippen LogP contribution in [-0.4, -0.2) is 39.4 Å². The Morgan fingerprint density at radius 1 is 1.19 bits per heavy atom. The van der Waals surface area contributed by atoms with Gasteiger partial charge in [-0.15, -0.1) is 0 Å². The van der Waals surface area contributed by atoms with E-state index in [1.807, 2.05) is 24.3 Å². The lowest BCUT2D eigenvalue weighted by molar-refractivity contribution is -0.387. The van der Waals surface area contributed by atoms with Crippen molar-refractivity contribution in [3.8, 4) is 0 Å². The summed E-state index contributed by atoms with van der Waals surface area (Å²) in [5, 5.41) is 21.1. The van der Waals surface area contributed by atoms with Crippen molar-refractivity contribution in [2.24, 2.45) is 0 Å². The molecule has 1 atom stereocenters. The van der Waals surface area contributed by atoms with E-state index in [2.05, 4.69) is 13.8 Å². The summed E-state index contributed by atoms with van der Waals surface area (Å²) in [5.74, 6) is -1.12. The number of carboxylic acid groups (broad SMARTS) is 1. The van der Waals surface area contributed by atoms with Gasteiger partial charge in [-0.05, 0) is 54.5 Å². The molecule has 7 nitrogen and oxygen atoms in total. The Morgan fingerprint density at radius 2 is 1.94 bits per heavy atom. The van der Waals surface area contributed by atoms with Crippen LogP contribution in [0.4, 0.5) is 5.69 Å². The molecule has 1 amide bonds. The quantitative estimate of drug-likeness (QED) is 0.344. The van der Waals surface area contributed by atoms with Gasteiger partial charge in [0.25, 0.3) is 5.69 Å². The van der Waals surface area contributed by atoms with Crippen LogP contribution in [0, 0.1) is 10.1 Å². The van der Waals surface area contributed by atoms with Gasteiger partial charge in [0.2, 0.25) is 5.91 Å². The maximum Gasteiger partial charge on any atom is 0.326 e. The Bertz CT molecular complexity index is 1050. The Kier molecular flexibility index (Phi) is 7.69. The first-order valence-electron chi connectivity index (χ1n) is 10.5. The smallest absolute Gasteiger partial charge is 0.326 e. The molecule has 1 unspecified atom stereocenters. The van der Waals surface area contributed by atoms with E-state index in [0.29, 0.717) is 23.4 Å². The third-order valence-electron chi connectivity index (χ3n) is 5.43. The summed E-state index contributed by atoms with van der Waals surface area (Å²) in [6.45, 7) is 4.55. The molecule has 2 aromatic carbocycles. The molecule has 168 valence electrons. The van der Waals surface area contributed by atoms with Gasteiger partial charge in [-0.1, -0.05) is 49.9 Å². The lowest BCUT2D eigenvalue weighted by Gasteiger charge is -2.32. The fourth-order valence-corrected chi connectivity index (χ4v) is 4.93. The molecule has 1 heterocycles. The van der Waals surface area contributed by atoms with Gasteiger partial charge in [0, 0.05) is 23.6 Å². The molecule has 0 bridgehead atoms. The van der Waals surface area contributed by atoms with Crippen molar-refractivity contribution in [3.63, 3.8) is 0 Å². The number of carbonyl (C=O) groups is 2. The number of benzene rings is 2. The lowest BCUT2D eigenvalue weighted by Crippen LogP contribution is -2.47. The normalized spacial score (nSPS) is 16.5. The molecule has 0 spiro atoms. The summed E-state index contributed by atoms with van der Waals surface area (Å²) in [7, 11) is 0. The average molecular weight is 455 g/mol. The number of nitro groups is 1. The second kappa shape index (κ2) is 10.5. The molecule has 2 aromatic rings. The van der Waals surface area contributed by atoms with Gasteiger partial charge < -0.3 is 10.0 Å². The predicted molar refractivity (Wildman–Crippen MR) is 124 cm³/mol. The zero-order valence-electron chi connectivity index (χ0n) is 18.1. The molecule has 8 heteroatoms. The van der Waals surface area contributed by atoms with E-state index >= 15 is 0 Å². The Balaban J connectivity index is 1.82. The van der Waals surface area contributed by atoms with Crippen molar-refractivity contribution in [2.45, 2.75) is 54.9 Å². The highest BCUT2D eigenvalue weighted by atomic mass is 32.2. The van der Waals surface area contributed by atoms with Crippen molar-refractivity contribution in [1.29, 1.82) is 0 Å². The summed E-state index contributed by atoms with van der Waals surface area (Å²) in [6.07, 6.45) is 4.76. The van der Waals surface area contributed by atoms with Crippen molar-refractivity contribution in [2.75, 3.05) is 6.54 Å². The van der Waals surface area contributed by atoms with Crippen LogP contribution < -0.4 is 0 Å². The number of nitrogens with zero attached hydrogens (tertiary/aromatic N) is 2. The second-order valence-corrected chi connectivity index (χ2v) is 9.08. The SMILES string of the molecule is CC(C)c1ccccc1Sc1ccc(C=CC(=O)N2CCCCC2C(=O)O)cc1[N+](=O)[O-]. The van der Waals surface area contributed by atoms with Gasteiger partial charge in [0.05, 0.1) is 9.82 Å². The first kappa shape index (κ1) is 23.5.